The first-order valence-corrected chi connectivity index (χ1v) is 7.54. The van der Waals surface area contributed by atoms with Crippen LogP contribution in [0, 0.1) is 11.3 Å². The Hall–Kier alpha value is -1.09. The van der Waals surface area contributed by atoms with Crippen LogP contribution in [0.5, 0.6) is 0 Å². The highest BCUT2D eigenvalue weighted by Gasteiger charge is 2.36. The Balaban J connectivity index is 1.91. The number of hydrogen-bond acceptors (Lipinski definition) is 2. The highest BCUT2D eigenvalue weighted by atomic mass is 79.9. The number of pyridine rings is 1. The van der Waals surface area contributed by atoms with Crippen LogP contribution in [0.3, 0.4) is 0 Å². The zero-order valence-electron chi connectivity index (χ0n) is 11.7. The third-order valence-corrected chi connectivity index (χ3v) is 4.54. The number of hydrogen-bond donors (Lipinski definition) is 0. The number of halogens is 1. The largest absolute Gasteiger partial charge is 0.369 e. The van der Waals surface area contributed by atoms with Crippen molar-refractivity contribution in [2.24, 2.45) is 11.3 Å². The summed E-state index contributed by atoms with van der Waals surface area (Å²) in [5, 5.41) is 1.20. The number of benzene rings is 1. The van der Waals surface area contributed by atoms with Crippen molar-refractivity contribution >= 4 is 32.5 Å². The summed E-state index contributed by atoms with van der Waals surface area (Å²) < 4.78 is 1.04. The molecule has 2 heterocycles. The third kappa shape index (κ3) is 2.36. The molecule has 2 nitrogen and oxygen atoms in total. The minimum absolute atomic E-state index is 0.400. The highest BCUT2D eigenvalue weighted by Crippen LogP contribution is 2.38. The summed E-state index contributed by atoms with van der Waals surface area (Å²) in [6.45, 7) is 9.26. The molecular formula is C16H19BrN2. The SMILES string of the molecule is CC(C)(C)C1CN(c2cccc3cc(Br)cnc23)C1. The summed E-state index contributed by atoms with van der Waals surface area (Å²) in [6, 6.07) is 8.56. The lowest BCUT2D eigenvalue weighted by Crippen LogP contribution is -2.52. The molecule has 0 saturated carbocycles. The molecule has 0 radical (unpaired) electrons. The quantitative estimate of drug-likeness (QED) is 0.770. The maximum absolute atomic E-state index is 4.58. The molecule has 0 spiro atoms. The van der Waals surface area contributed by atoms with Crippen LogP contribution in [0.25, 0.3) is 10.9 Å². The summed E-state index contributed by atoms with van der Waals surface area (Å²) in [4.78, 5) is 7.03. The van der Waals surface area contributed by atoms with Gasteiger partial charge in [-0.3, -0.25) is 4.98 Å². The average molecular weight is 319 g/mol. The fraction of sp³-hybridized carbons (Fsp3) is 0.438. The van der Waals surface area contributed by atoms with Gasteiger partial charge in [0, 0.05) is 29.1 Å². The molecule has 3 rings (SSSR count). The van der Waals surface area contributed by atoms with Gasteiger partial charge >= 0.3 is 0 Å². The van der Waals surface area contributed by atoms with Gasteiger partial charge in [0.1, 0.15) is 0 Å². The maximum atomic E-state index is 4.58. The molecule has 0 bridgehead atoms. The number of anilines is 1. The van der Waals surface area contributed by atoms with E-state index in [1.54, 1.807) is 0 Å². The van der Waals surface area contributed by atoms with Gasteiger partial charge < -0.3 is 4.90 Å². The zero-order chi connectivity index (χ0) is 13.6. The Morgan fingerprint density at radius 1 is 1.26 bits per heavy atom. The van der Waals surface area contributed by atoms with Crippen LogP contribution >= 0.6 is 15.9 Å². The molecule has 100 valence electrons. The van der Waals surface area contributed by atoms with Crippen molar-refractivity contribution in [3.8, 4) is 0 Å². The molecule has 0 N–H and O–H groups in total. The van der Waals surface area contributed by atoms with Crippen molar-refractivity contribution in [3.63, 3.8) is 0 Å². The minimum atomic E-state index is 0.400. The maximum Gasteiger partial charge on any atom is 0.0936 e. The molecule has 1 aliphatic heterocycles. The monoisotopic (exact) mass is 318 g/mol. The smallest absolute Gasteiger partial charge is 0.0936 e. The van der Waals surface area contributed by atoms with Crippen LogP contribution < -0.4 is 4.90 Å². The molecule has 1 fully saturated rings. The van der Waals surface area contributed by atoms with Crippen molar-refractivity contribution in [2.75, 3.05) is 18.0 Å². The predicted octanol–water partition coefficient (Wildman–Crippen LogP) is 4.48. The van der Waals surface area contributed by atoms with E-state index in [0.717, 1.165) is 29.0 Å². The molecule has 0 unspecified atom stereocenters. The number of nitrogens with zero attached hydrogens (tertiary/aromatic N) is 2. The van der Waals surface area contributed by atoms with E-state index in [2.05, 4.69) is 70.9 Å². The standard InChI is InChI=1S/C16H19BrN2/c1-16(2,3)12-9-19(10-12)14-6-4-5-11-7-13(17)8-18-15(11)14/h4-8,12H,9-10H2,1-3H3. The van der Waals surface area contributed by atoms with Gasteiger partial charge in [-0.1, -0.05) is 32.9 Å². The summed E-state index contributed by atoms with van der Waals surface area (Å²) in [5.41, 5.74) is 2.78. The van der Waals surface area contributed by atoms with Crippen LogP contribution in [-0.4, -0.2) is 18.1 Å². The van der Waals surface area contributed by atoms with Gasteiger partial charge in [-0.2, -0.15) is 0 Å². The Bertz CT molecular complexity index is 610. The normalized spacial score (nSPS) is 16.7. The van der Waals surface area contributed by atoms with E-state index < -0.39 is 0 Å². The molecule has 19 heavy (non-hydrogen) atoms. The molecular weight excluding hydrogens is 300 g/mol. The lowest BCUT2D eigenvalue weighted by molar-refractivity contribution is 0.196. The van der Waals surface area contributed by atoms with Gasteiger partial charge in [0.15, 0.2) is 0 Å². The molecule has 1 aliphatic rings. The molecule has 0 atom stereocenters. The number of rotatable bonds is 1. The predicted molar refractivity (Wildman–Crippen MR) is 84.6 cm³/mol. The minimum Gasteiger partial charge on any atom is -0.369 e. The summed E-state index contributed by atoms with van der Waals surface area (Å²) >= 11 is 3.48. The van der Waals surface area contributed by atoms with Crippen LogP contribution in [0.2, 0.25) is 0 Å². The van der Waals surface area contributed by atoms with E-state index in [-0.39, 0.29) is 0 Å². The molecule has 0 amide bonds. The second-order valence-electron chi connectivity index (χ2n) is 6.47. The van der Waals surface area contributed by atoms with Crippen LogP contribution in [0.15, 0.2) is 34.9 Å². The lowest BCUT2D eigenvalue weighted by Gasteiger charge is -2.47. The van der Waals surface area contributed by atoms with Gasteiger partial charge in [0.25, 0.3) is 0 Å². The summed E-state index contributed by atoms with van der Waals surface area (Å²) in [5.74, 6) is 0.776. The molecule has 3 heteroatoms. The van der Waals surface area contributed by atoms with Gasteiger partial charge in [-0.25, -0.2) is 0 Å². The summed E-state index contributed by atoms with van der Waals surface area (Å²) in [6.07, 6.45) is 1.88. The summed E-state index contributed by atoms with van der Waals surface area (Å²) in [7, 11) is 0. The van der Waals surface area contributed by atoms with Gasteiger partial charge in [-0.05, 0) is 39.4 Å². The third-order valence-electron chi connectivity index (χ3n) is 4.10. The van der Waals surface area contributed by atoms with E-state index >= 15 is 0 Å². The van der Waals surface area contributed by atoms with Gasteiger partial charge in [0.2, 0.25) is 0 Å². The highest BCUT2D eigenvalue weighted by molar-refractivity contribution is 9.10. The second-order valence-corrected chi connectivity index (χ2v) is 7.39. The first-order chi connectivity index (χ1) is 8.95. The van der Waals surface area contributed by atoms with Crippen molar-refractivity contribution in [3.05, 3.63) is 34.9 Å². The van der Waals surface area contributed by atoms with E-state index in [1.807, 2.05) is 6.20 Å². The Kier molecular flexibility index (Phi) is 3.05. The van der Waals surface area contributed by atoms with Crippen molar-refractivity contribution in [1.29, 1.82) is 0 Å². The molecule has 1 aromatic carbocycles. The number of fused-ring (bicyclic) bond motifs is 1. The first kappa shape index (κ1) is 12.9. The molecule has 1 aromatic heterocycles. The fourth-order valence-electron chi connectivity index (χ4n) is 2.60. The van der Waals surface area contributed by atoms with Crippen LogP contribution in [0.4, 0.5) is 5.69 Å². The Morgan fingerprint density at radius 2 is 2.00 bits per heavy atom. The first-order valence-electron chi connectivity index (χ1n) is 6.74. The number of para-hydroxylation sites is 1. The van der Waals surface area contributed by atoms with E-state index in [4.69, 9.17) is 0 Å². The van der Waals surface area contributed by atoms with Gasteiger partial charge in [-0.15, -0.1) is 0 Å². The van der Waals surface area contributed by atoms with E-state index in [1.165, 1.54) is 11.1 Å². The molecule has 1 saturated heterocycles. The second kappa shape index (κ2) is 4.48. The van der Waals surface area contributed by atoms with E-state index in [0.29, 0.717) is 5.41 Å². The Labute approximate surface area is 123 Å². The zero-order valence-corrected chi connectivity index (χ0v) is 13.2. The average Bonchev–Trinajstić information content (AvgIpc) is 2.24. The van der Waals surface area contributed by atoms with Crippen molar-refractivity contribution in [1.82, 2.24) is 4.98 Å². The number of aromatic nitrogens is 1. The van der Waals surface area contributed by atoms with Crippen LogP contribution in [-0.2, 0) is 0 Å². The van der Waals surface area contributed by atoms with Crippen LogP contribution in [0.1, 0.15) is 20.8 Å². The Morgan fingerprint density at radius 3 is 2.68 bits per heavy atom. The fourth-order valence-corrected chi connectivity index (χ4v) is 2.95. The lowest BCUT2D eigenvalue weighted by atomic mass is 9.76. The molecule has 0 aliphatic carbocycles. The van der Waals surface area contributed by atoms with Crippen molar-refractivity contribution < 1.29 is 0 Å². The topological polar surface area (TPSA) is 16.1 Å². The van der Waals surface area contributed by atoms with Crippen molar-refractivity contribution in [2.45, 2.75) is 20.8 Å². The van der Waals surface area contributed by atoms with E-state index in [9.17, 15) is 0 Å². The van der Waals surface area contributed by atoms with Gasteiger partial charge in [0.05, 0.1) is 11.2 Å². The molecule has 2 aromatic rings.